The maximum atomic E-state index is 9.07. The second-order valence-corrected chi connectivity index (χ2v) is 4.68. The van der Waals surface area contributed by atoms with Crippen molar-refractivity contribution >= 4 is 0 Å². The van der Waals surface area contributed by atoms with E-state index in [0.717, 1.165) is 19.7 Å². The van der Waals surface area contributed by atoms with Crippen LogP contribution in [0.2, 0.25) is 0 Å². The minimum Gasteiger partial charge on any atom is -0.390 e. The van der Waals surface area contributed by atoms with E-state index in [1.807, 2.05) is 0 Å². The molecule has 5 heteroatoms. The number of hydrogen-bond donors (Lipinski definition) is 1. The van der Waals surface area contributed by atoms with E-state index in [1.165, 1.54) is 12.8 Å². The molecule has 1 aromatic rings. The zero-order chi connectivity index (χ0) is 11.7. The Kier molecular flexibility index (Phi) is 3.05. The summed E-state index contributed by atoms with van der Waals surface area (Å²) in [7, 11) is 0. The Morgan fingerprint density at radius 2 is 2.47 bits per heavy atom. The number of aliphatic hydroxyl groups is 1. The summed E-state index contributed by atoms with van der Waals surface area (Å²) in [5.74, 6) is 0.696. The molecule has 2 fully saturated rings. The van der Waals surface area contributed by atoms with Crippen LogP contribution in [0.25, 0.3) is 0 Å². The molecule has 1 N–H and O–H groups in total. The van der Waals surface area contributed by atoms with Crippen LogP contribution in [0, 0.1) is 0 Å². The molecule has 2 atom stereocenters. The standard InChI is InChI=1S/C12H17N3O2/c16-7-9-3-4-13-12(14-9)11-6-15-5-1-2-10(15)8-17-11/h3-4,10-11,16H,1-2,5-8H2/t10-,11-/m0/s1. The van der Waals surface area contributed by atoms with Gasteiger partial charge in [-0.2, -0.15) is 0 Å². The third-order valence-corrected chi connectivity index (χ3v) is 3.57. The van der Waals surface area contributed by atoms with Gasteiger partial charge in [-0.25, -0.2) is 9.97 Å². The largest absolute Gasteiger partial charge is 0.390 e. The molecule has 3 heterocycles. The van der Waals surface area contributed by atoms with Crippen molar-refractivity contribution < 1.29 is 9.84 Å². The summed E-state index contributed by atoms with van der Waals surface area (Å²) in [4.78, 5) is 11.0. The van der Waals surface area contributed by atoms with E-state index in [0.29, 0.717) is 17.6 Å². The van der Waals surface area contributed by atoms with Crippen molar-refractivity contribution in [1.29, 1.82) is 0 Å². The lowest BCUT2D eigenvalue weighted by Gasteiger charge is -2.34. The second kappa shape index (κ2) is 4.68. The lowest BCUT2D eigenvalue weighted by atomic mass is 10.2. The van der Waals surface area contributed by atoms with Crippen LogP contribution in [0.5, 0.6) is 0 Å². The van der Waals surface area contributed by atoms with Gasteiger partial charge in [-0.05, 0) is 25.5 Å². The lowest BCUT2D eigenvalue weighted by molar-refractivity contribution is -0.0542. The summed E-state index contributed by atoms with van der Waals surface area (Å²) in [5, 5.41) is 9.07. The Bertz CT molecular complexity index is 399. The lowest BCUT2D eigenvalue weighted by Crippen LogP contribution is -2.42. The Labute approximate surface area is 100 Å². The topological polar surface area (TPSA) is 58.5 Å². The Balaban J connectivity index is 1.75. The van der Waals surface area contributed by atoms with Crippen molar-refractivity contribution in [2.24, 2.45) is 0 Å². The monoisotopic (exact) mass is 235 g/mol. The van der Waals surface area contributed by atoms with Gasteiger partial charge in [0.1, 0.15) is 6.10 Å². The molecular weight excluding hydrogens is 218 g/mol. The number of aromatic nitrogens is 2. The molecular formula is C12H17N3O2. The van der Waals surface area contributed by atoms with Gasteiger partial charge >= 0.3 is 0 Å². The van der Waals surface area contributed by atoms with Crippen LogP contribution >= 0.6 is 0 Å². The summed E-state index contributed by atoms with van der Waals surface area (Å²) in [6, 6.07) is 2.32. The Morgan fingerprint density at radius 3 is 3.35 bits per heavy atom. The first kappa shape index (κ1) is 11.1. The highest BCUT2D eigenvalue weighted by atomic mass is 16.5. The van der Waals surface area contributed by atoms with Crippen molar-refractivity contribution in [3.8, 4) is 0 Å². The molecule has 0 aliphatic carbocycles. The number of rotatable bonds is 2. The Morgan fingerprint density at radius 1 is 1.53 bits per heavy atom. The molecule has 5 nitrogen and oxygen atoms in total. The molecule has 17 heavy (non-hydrogen) atoms. The first-order chi connectivity index (χ1) is 8.36. The smallest absolute Gasteiger partial charge is 0.158 e. The highest BCUT2D eigenvalue weighted by Gasteiger charge is 2.33. The average Bonchev–Trinajstić information content (AvgIpc) is 2.86. The molecule has 3 rings (SSSR count). The van der Waals surface area contributed by atoms with E-state index in [4.69, 9.17) is 9.84 Å². The van der Waals surface area contributed by atoms with E-state index in [2.05, 4.69) is 14.9 Å². The number of hydrogen-bond acceptors (Lipinski definition) is 5. The van der Waals surface area contributed by atoms with Crippen LogP contribution in [-0.4, -0.2) is 45.7 Å². The van der Waals surface area contributed by atoms with Crippen LogP contribution in [-0.2, 0) is 11.3 Å². The molecule has 0 unspecified atom stereocenters. The predicted octanol–water partition coefficient (Wildman–Crippen LogP) is 0.505. The van der Waals surface area contributed by atoms with Gasteiger partial charge in [0, 0.05) is 18.8 Å². The third kappa shape index (κ3) is 2.18. The molecule has 2 saturated heterocycles. The van der Waals surface area contributed by atoms with Crippen molar-refractivity contribution in [3.63, 3.8) is 0 Å². The Hall–Kier alpha value is -1.04. The van der Waals surface area contributed by atoms with Crippen molar-refractivity contribution in [2.45, 2.75) is 31.6 Å². The molecule has 0 saturated carbocycles. The van der Waals surface area contributed by atoms with E-state index in [-0.39, 0.29) is 12.7 Å². The molecule has 92 valence electrons. The van der Waals surface area contributed by atoms with Gasteiger partial charge in [0.05, 0.1) is 18.9 Å². The fourth-order valence-electron chi connectivity index (χ4n) is 2.63. The van der Waals surface area contributed by atoms with Crippen LogP contribution in [0.3, 0.4) is 0 Å². The fraction of sp³-hybridized carbons (Fsp3) is 0.667. The number of aliphatic hydroxyl groups excluding tert-OH is 1. The quantitative estimate of drug-likeness (QED) is 0.809. The SMILES string of the molecule is OCc1ccnc([C@@H]2CN3CCC[C@H]3CO2)n1. The van der Waals surface area contributed by atoms with Crippen LogP contribution < -0.4 is 0 Å². The van der Waals surface area contributed by atoms with Gasteiger partial charge in [-0.1, -0.05) is 0 Å². The van der Waals surface area contributed by atoms with E-state index >= 15 is 0 Å². The average molecular weight is 235 g/mol. The summed E-state index contributed by atoms with van der Waals surface area (Å²) in [6.07, 6.45) is 4.14. The summed E-state index contributed by atoms with van der Waals surface area (Å²) >= 11 is 0. The normalized spacial score (nSPS) is 29.2. The van der Waals surface area contributed by atoms with Crippen molar-refractivity contribution in [2.75, 3.05) is 19.7 Å². The third-order valence-electron chi connectivity index (χ3n) is 3.57. The summed E-state index contributed by atoms with van der Waals surface area (Å²) in [5.41, 5.74) is 0.655. The van der Waals surface area contributed by atoms with Gasteiger partial charge in [-0.3, -0.25) is 4.90 Å². The predicted molar refractivity (Wildman–Crippen MR) is 61.2 cm³/mol. The number of fused-ring (bicyclic) bond motifs is 1. The van der Waals surface area contributed by atoms with Gasteiger partial charge in [-0.15, -0.1) is 0 Å². The van der Waals surface area contributed by atoms with Gasteiger partial charge < -0.3 is 9.84 Å². The van der Waals surface area contributed by atoms with Crippen molar-refractivity contribution in [3.05, 3.63) is 23.8 Å². The van der Waals surface area contributed by atoms with E-state index in [9.17, 15) is 0 Å². The zero-order valence-corrected chi connectivity index (χ0v) is 9.75. The highest BCUT2D eigenvalue weighted by molar-refractivity contribution is 5.04. The van der Waals surface area contributed by atoms with E-state index < -0.39 is 0 Å². The first-order valence-corrected chi connectivity index (χ1v) is 6.15. The first-order valence-electron chi connectivity index (χ1n) is 6.15. The molecule has 0 aromatic carbocycles. The number of nitrogens with zero attached hydrogens (tertiary/aromatic N) is 3. The zero-order valence-electron chi connectivity index (χ0n) is 9.75. The number of ether oxygens (including phenoxy) is 1. The minimum absolute atomic E-state index is 0.0455. The van der Waals surface area contributed by atoms with Crippen LogP contribution in [0.4, 0.5) is 0 Å². The second-order valence-electron chi connectivity index (χ2n) is 4.68. The molecule has 0 spiro atoms. The van der Waals surface area contributed by atoms with Crippen molar-refractivity contribution in [1.82, 2.24) is 14.9 Å². The van der Waals surface area contributed by atoms with Gasteiger partial charge in [0.25, 0.3) is 0 Å². The maximum Gasteiger partial charge on any atom is 0.158 e. The highest BCUT2D eigenvalue weighted by Crippen LogP contribution is 2.28. The minimum atomic E-state index is -0.0470. The molecule has 1 aromatic heterocycles. The van der Waals surface area contributed by atoms with Crippen LogP contribution in [0.15, 0.2) is 12.3 Å². The number of morpholine rings is 1. The molecule has 2 aliphatic rings. The fourth-order valence-corrected chi connectivity index (χ4v) is 2.63. The molecule has 0 amide bonds. The molecule has 0 bridgehead atoms. The van der Waals surface area contributed by atoms with Crippen LogP contribution in [0.1, 0.15) is 30.5 Å². The summed E-state index contributed by atoms with van der Waals surface area (Å²) in [6.45, 7) is 2.76. The van der Waals surface area contributed by atoms with E-state index in [1.54, 1.807) is 12.3 Å². The molecule has 0 radical (unpaired) electrons. The molecule has 2 aliphatic heterocycles. The van der Waals surface area contributed by atoms with Gasteiger partial charge in [0.15, 0.2) is 5.82 Å². The summed E-state index contributed by atoms with van der Waals surface area (Å²) < 4.78 is 5.83. The van der Waals surface area contributed by atoms with Gasteiger partial charge in [0.2, 0.25) is 0 Å². The maximum absolute atomic E-state index is 9.07.